The van der Waals surface area contributed by atoms with Gasteiger partial charge in [-0.2, -0.15) is 0 Å². The number of esters is 1. The molecule has 0 heterocycles. The lowest BCUT2D eigenvalue weighted by Crippen LogP contribution is -2.37. The SMILES string of the molecule is CCCCCCCCOC(=O)CC(N)C(C)(C)C. The molecule has 0 saturated heterocycles. The molecule has 2 N–H and O–H groups in total. The minimum Gasteiger partial charge on any atom is -0.466 e. The molecule has 0 fully saturated rings. The smallest absolute Gasteiger partial charge is 0.307 e. The van der Waals surface area contributed by atoms with Crippen molar-refractivity contribution < 1.29 is 9.53 Å². The van der Waals surface area contributed by atoms with E-state index in [1.807, 2.05) is 20.8 Å². The van der Waals surface area contributed by atoms with Crippen LogP contribution in [0.3, 0.4) is 0 Å². The lowest BCUT2D eigenvalue weighted by Gasteiger charge is -2.26. The standard InChI is InChI=1S/C15H31NO2/c1-5-6-7-8-9-10-11-18-14(17)12-13(16)15(2,3)4/h13H,5-12,16H2,1-4H3. The fraction of sp³-hybridized carbons (Fsp3) is 0.933. The highest BCUT2D eigenvalue weighted by Crippen LogP contribution is 2.20. The third-order valence-electron chi connectivity index (χ3n) is 3.26. The van der Waals surface area contributed by atoms with Crippen LogP contribution in [0.2, 0.25) is 0 Å². The molecule has 0 aliphatic heterocycles. The van der Waals surface area contributed by atoms with E-state index in [0.717, 1.165) is 12.8 Å². The lowest BCUT2D eigenvalue weighted by molar-refractivity contribution is -0.144. The molecule has 3 nitrogen and oxygen atoms in total. The van der Waals surface area contributed by atoms with Crippen molar-refractivity contribution in [2.24, 2.45) is 11.1 Å². The fourth-order valence-corrected chi connectivity index (χ4v) is 1.61. The number of hydrogen-bond acceptors (Lipinski definition) is 3. The van der Waals surface area contributed by atoms with Crippen LogP contribution in [-0.2, 0) is 9.53 Å². The summed E-state index contributed by atoms with van der Waals surface area (Å²) in [6.45, 7) is 8.87. The van der Waals surface area contributed by atoms with E-state index in [-0.39, 0.29) is 17.4 Å². The molecule has 0 rings (SSSR count). The largest absolute Gasteiger partial charge is 0.466 e. The number of unbranched alkanes of at least 4 members (excludes halogenated alkanes) is 5. The molecule has 0 aromatic carbocycles. The zero-order valence-electron chi connectivity index (χ0n) is 12.6. The van der Waals surface area contributed by atoms with E-state index < -0.39 is 0 Å². The van der Waals surface area contributed by atoms with E-state index in [2.05, 4.69) is 6.92 Å². The molecule has 0 aliphatic carbocycles. The lowest BCUT2D eigenvalue weighted by atomic mass is 9.85. The maximum atomic E-state index is 11.5. The Morgan fingerprint density at radius 3 is 2.22 bits per heavy atom. The van der Waals surface area contributed by atoms with Crippen LogP contribution in [0.4, 0.5) is 0 Å². The van der Waals surface area contributed by atoms with Crippen LogP contribution in [0.1, 0.15) is 72.6 Å². The summed E-state index contributed by atoms with van der Waals surface area (Å²) in [5.41, 5.74) is 5.89. The van der Waals surface area contributed by atoms with Gasteiger partial charge in [-0.15, -0.1) is 0 Å². The first kappa shape index (κ1) is 17.4. The van der Waals surface area contributed by atoms with E-state index in [9.17, 15) is 4.79 Å². The van der Waals surface area contributed by atoms with Crippen molar-refractivity contribution in [1.29, 1.82) is 0 Å². The van der Waals surface area contributed by atoms with Gasteiger partial charge < -0.3 is 10.5 Å². The van der Waals surface area contributed by atoms with Crippen LogP contribution in [0, 0.1) is 5.41 Å². The Kier molecular flexibility index (Phi) is 9.08. The first-order valence-electron chi connectivity index (χ1n) is 7.29. The van der Waals surface area contributed by atoms with Gasteiger partial charge in [0.25, 0.3) is 0 Å². The van der Waals surface area contributed by atoms with E-state index in [0.29, 0.717) is 13.0 Å². The minimum absolute atomic E-state index is 0.0425. The van der Waals surface area contributed by atoms with Crippen LogP contribution in [0.5, 0.6) is 0 Å². The average Bonchev–Trinajstić information content (AvgIpc) is 2.26. The maximum Gasteiger partial charge on any atom is 0.307 e. The van der Waals surface area contributed by atoms with Gasteiger partial charge >= 0.3 is 5.97 Å². The summed E-state index contributed by atoms with van der Waals surface area (Å²) in [6, 6.07) is -0.130. The summed E-state index contributed by atoms with van der Waals surface area (Å²) in [4.78, 5) is 11.5. The molecule has 0 spiro atoms. The molecule has 108 valence electrons. The first-order chi connectivity index (χ1) is 8.38. The maximum absolute atomic E-state index is 11.5. The van der Waals surface area contributed by atoms with Crippen LogP contribution >= 0.6 is 0 Å². The van der Waals surface area contributed by atoms with Gasteiger partial charge in [-0.3, -0.25) is 4.79 Å². The van der Waals surface area contributed by atoms with E-state index in [4.69, 9.17) is 10.5 Å². The quantitative estimate of drug-likeness (QED) is 0.506. The normalized spacial score (nSPS) is 13.4. The monoisotopic (exact) mass is 257 g/mol. The molecule has 0 radical (unpaired) electrons. The van der Waals surface area contributed by atoms with Crippen LogP contribution in [0.15, 0.2) is 0 Å². The van der Waals surface area contributed by atoms with Crippen molar-refractivity contribution in [2.45, 2.75) is 78.7 Å². The van der Waals surface area contributed by atoms with Crippen molar-refractivity contribution in [2.75, 3.05) is 6.61 Å². The van der Waals surface area contributed by atoms with Crippen LogP contribution in [-0.4, -0.2) is 18.6 Å². The third kappa shape index (κ3) is 9.46. The number of nitrogens with two attached hydrogens (primary N) is 1. The van der Waals surface area contributed by atoms with Gasteiger partial charge in [-0.05, 0) is 11.8 Å². The Hall–Kier alpha value is -0.570. The molecule has 1 unspecified atom stereocenters. The highest BCUT2D eigenvalue weighted by Gasteiger charge is 2.23. The Labute approximate surface area is 112 Å². The second kappa shape index (κ2) is 9.37. The summed E-state index contributed by atoms with van der Waals surface area (Å²) in [7, 11) is 0. The summed E-state index contributed by atoms with van der Waals surface area (Å²) < 4.78 is 5.20. The number of ether oxygens (including phenoxy) is 1. The molecular formula is C15H31NO2. The molecule has 0 saturated carbocycles. The van der Waals surface area contributed by atoms with Crippen molar-refractivity contribution in [3.05, 3.63) is 0 Å². The first-order valence-corrected chi connectivity index (χ1v) is 7.29. The highest BCUT2D eigenvalue weighted by molar-refractivity contribution is 5.70. The third-order valence-corrected chi connectivity index (χ3v) is 3.26. The number of carbonyl (C=O) groups excluding carboxylic acids is 1. The zero-order chi connectivity index (χ0) is 14.0. The number of hydrogen-bond donors (Lipinski definition) is 1. The van der Waals surface area contributed by atoms with E-state index in [1.165, 1.54) is 25.7 Å². The topological polar surface area (TPSA) is 52.3 Å². The van der Waals surface area contributed by atoms with Crippen molar-refractivity contribution in [3.63, 3.8) is 0 Å². The van der Waals surface area contributed by atoms with E-state index in [1.54, 1.807) is 0 Å². The summed E-state index contributed by atoms with van der Waals surface area (Å²) in [6.07, 6.45) is 7.55. The van der Waals surface area contributed by atoms with E-state index >= 15 is 0 Å². The molecular weight excluding hydrogens is 226 g/mol. The second-order valence-electron chi connectivity index (χ2n) is 6.16. The molecule has 0 aliphatic rings. The Morgan fingerprint density at radius 2 is 1.67 bits per heavy atom. The van der Waals surface area contributed by atoms with Gasteiger partial charge in [0, 0.05) is 6.04 Å². The van der Waals surface area contributed by atoms with Crippen molar-refractivity contribution >= 4 is 5.97 Å². The van der Waals surface area contributed by atoms with Crippen LogP contribution < -0.4 is 5.73 Å². The Balaban J connectivity index is 3.48. The summed E-state index contributed by atoms with van der Waals surface area (Å²) in [5, 5.41) is 0. The molecule has 3 heteroatoms. The molecule has 0 amide bonds. The molecule has 1 atom stereocenters. The predicted octanol–water partition coefficient (Wildman–Crippen LogP) is 3.65. The highest BCUT2D eigenvalue weighted by atomic mass is 16.5. The molecule has 0 aromatic heterocycles. The van der Waals surface area contributed by atoms with Gasteiger partial charge in [0.15, 0.2) is 0 Å². The molecule has 0 aromatic rings. The van der Waals surface area contributed by atoms with Gasteiger partial charge in [-0.1, -0.05) is 59.8 Å². The fourth-order valence-electron chi connectivity index (χ4n) is 1.61. The summed E-state index contributed by atoms with van der Waals surface area (Å²) in [5.74, 6) is -0.161. The average molecular weight is 257 g/mol. The summed E-state index contributed by atoms with van der Waals surface area (Å²) >= 11 is 0. The van der Waals surface area contributed by atoms with Gasteiger partial charge in [0.05, 0.1) is 13.0 Å². The Bertz CT molecular complexity index is 221. The zero-order valence-corrected chi connectivity index (χ0v) is 12.6. The van der Waals surface area contributed by atoms with Crippen molar-refractivity contribution in [1.82, 2.24) is 0 Å². The number of rotatable bonds is 9. The van der Waals surface area contributed by atoms with Crippen molar-refractivity contribution in [3.8, 4) is 0 Å². The number of carbonyl (C=O) groups is 1. The molecule has 18 heavy (non-hydrogen) atoms. The van der Waals surface area contributed by atoms with Gasteiger partial charge in [-0.25, -0.2) is 0 Å². The Morgan fingerprint density at radius 1 is 1.11 bits per heavy atom. The minimum atomic E-state index is -0.161. The van der Waals surface area contributed by atoms with Crippen LogP contribution in [0.25, 0.3) is 0 Å². The molecule has 0 bridgehead atoms. The second-order valence-corrected chi connectivity index (χ2v) is 6.16. The van der Waals surface area contributed by atoms with Gasteiger partial charge in [0.1, 0.15) is 0 Å². The predicted molar refractivity (Wildman–Crippen MR) is 76.4 cm³/mol. The van der Waals surface area contributed by atoms with Gasteiger partial charge in [0.2, 0.25) is 0 Å².